The fraction of sp³-hybridized carbons (Fsp3) is 0.909. The Bertz CT molecular complexity index is 513. The van der Waals surface area contributed by atoms with Gasteiger partial charge in [0.1, 0.15) is 0 Å². The van der Waals surface area contributed by atoms with E-state index in [1.807, 2.05) is 4.68 Å². The highest BCUT2D eigenvalue weighted by Crippen LogP contribution is 2.20. The summed E-state index contributed by atoms with van der Waals surface area (Å²) in [6.45, 7) is 4.00. The molecule has 1 aliphatic heterocycles. The number of rotatable bonds is 5. The Morgan fingerprint density at radius 3 is 2.89 bits per heavy atom. The third-order valence-corrected chi connectivity index (χ3v) is 4.73. The van der Waals surface area contributed by atoms with Gasteiger partial charge in [-0.05, 0) is 35.6 Å². The quantitative estimate of drug-likeness (QED) is 0.778. The third-order valence-electron chi connectivity index (χ3n) is 3.46. The van der Waals surface area contributed by atoms with Gasteiger partial charge in [-0.1, -0.05) is 6.92 Å². The summed E-state index contributed by atoms with van der Waals surface area (Å²) in [5, 5.41) is 11.7. The van der Waals surface area contributed by atoms with Crippen molar-refractivity contribution in [2.45, 2.75) is 39.2 Å². The highest BCUT2D eigenvalue weighted by Gasteiger charge is 2.26. The Labute approximate surface area is 114 Å². The van der Waals surface area contributed by atoms with E-state index in [0.717, 1.165) is 31.5 Å². The Kier molecular flexibility index (Phi) is 4.51. The minimum atomic E-state index is -3.09. The van der Waals surface area contributed by atoms with Crippen molar-refractivity contribution in [3.8, 4) is 0 Å². The molecule has 1 aromatic heterocycles. The number of hydrogen-bond acceptors (Lipinski definition) is 5. The summed E-state index contributed by atoms with van der Waals surface area (Å²) in [5.41, 5.74) is 0. The fourth-order valence-electron chi connectivity index (χ4n) is 2.49. The first-order chi connectivity index (χ1) is 9.00. The van der Waals surface area contributed by atoms with Crippen LogP contribution in [-0.4, -0.2) is 52.3 Å². The lowest BCUT2D eigenvalue weighted by atomic mass is 10.00. The molecular formula is C11H21N5O2S. The molecule has 1 fully saturated rings. The van der Waals surface area contributed by atoms with E-state index in [0.29, 0.717) is 25.6 Å². The molecular weight excluding hydrogens is 266 g/mol. The maximum Gasteiger partial charge on any atom is 0.211 e. The van der Waals surface area contributed by atoms with Crippen molar-refractivity contribution in [1.29, 1.82) is 0 Å². The van der Waals surface area contributed by atoms with Gasteiger partial charge in [0, 0.05) is 26.1 Å². The SMILES string of the molecule is CCCc1nnnn1C[C@H]1CCCN(S(C)(=O)=O)C1. The van der Waals surface area contributed by atoms with Crippen molar-refractivity contribution < 1.29 is 8.42 Å². The van der Waals surface area contributed by atoms with Gasteiger partial charge in [-0.2, -0.15) is 0 Å². The Hall–Kier alpha value is -1.02. The molecule has 0 bridgehead atoms. The second kappa shape index (κ2) is 5.96. The molecule has 0 radical (unpaired) electrons. The first-order valence-electron chi connectivity index (χ1n) is 6.71. The average Bonchev–Trinajstić information content (AvgIpc) is 2.77. The lowest BCUT2D eigenvalue weighted by Crippen LogP contribution is -2.40. The number of piperidine rings is 1. The predicted octanol–water partition coefficient (Wildman–Crippen LogP) is 0.297. The molecule has 0 amide bonds. The summed E-state index contributed by atoms with van der Waals surface area (Å²) < 4.78 is 26.5. The second-order valence-corrected chi connectivity index (χ2v) is 7.14. The summed E-state index contributed by atoms with van der Waals surface area (Å²) in [5.74, 6) is 1.18. The monoisotopic (exact) mass is 287 g/mol. The zero-order valence-electron chi connectivity index (χ0n) is 11.5. The van der Waals surface area contributed by atoms with Crippen molar-refractivity contribution >= 4 is 10.0 Å². The van der Waals surface area contributed by atoms with Gasteiger partial charge >= 0.3 is 0 Å². The summed E-state index contributed by atoms with van der Waals surface area (Å²) in [7, 11) is -3.09. The van der Waals surface area contributed by atoms with Crippen LogP contribution in [0, 0.1) is 5.92 Å². The standard InChI is InChI=1S/C11H21N5O2S/c1-3-5-11-12-13-14-16(11)9-10-6-4-7-15(8-10)19(2,17)18/h10H,3-9H2,1-2H3/t10-/m0/s1. The van der Waals surface area contributed by atoms with Crippen LogP contribution in [0.25, 0.3) is 0 Å². The third kappa shape index (κ3) is 3.73. The number of aryl methyl sites for hydroxylation is 1. The molecule has 0 aliphatic carbocycles. The Morgan fingerprint density at radius 1 is 1.42 bits per heavy atom. The molecule has 0 saturated carbocycles. The highest BCUT2D eigenvalue weighted by atomic mass is 32.2. The number of nitrogens with zero attached hydrogens (tertiary/aromatic N) is 5. The van der Waals surface area contributed by atoms with E-state index in [2.05, 4.69) is 22.4 Å². The van der Waals surface area contributed by atoms with E-state index in [9.17, 15) is 8.42 Å². The minimum absolute atomic E-state index is 0.294. The van der Waals surface area contributed by atoms with Crippen molar-refractivity contribution in [3.05, 3.63) is 5.82 Å². The first kappa shape index (κ1) is 14.4. The zero-order chi connectivity index (χ0) is 13.9. The van der Waals surface area contributed by atoms with Crippen LogP contribution in [0.1, 0.15) is 32.0 Å². The number of hydrogen-bond donors (Lipinski definition) is 0. The van der Waals surface area contributed by atoms with Crippen LogP contribution in [0.2, 0.25) is 0 Å². The summed E-state index contributed by atoms with van der Waals surface area (Å²) >= 11 is 0. The lowest BCUT2D eigenvalue weighted by Gasteiger charge is -2.30. The number of aromatic nitrogens is 4. The van der Waals surface area contributed by atoms with E-state index in [1.165, 1.54) is 6.26 Å². The van der Waals surface area contributed by atoms with Gasteiger partial charge in [0.15, 0.2) is 5.82 Å². The number of tetrazole rings is 1. The molecule has 108 valence electrons. The largest absolute Gasteiger partial charge is 0.229 e. The molecule has 1 aliphatic rings. The molecule has 0 unspecified atom stereocenters. The smallest absolute Gasteiger partial charge is 0.211 e. The van der Waals surface area contributed by atoms with E-state index in [4.69, 9.17) is 0 Å². The minimum Gasteiger partial charge on any atom is -0.229 e. The van der Waals surface area contributed by atoms with Gasteiger partial charge in [-0.15, -0.1) is 5.10 Å². The summed E-state index contributed by atoms with van der Waals surface area (Å²) in [4.78, 5) is 0. The van der Waals surface area contributed by atoms with Crippen molar-refractivity contribution in [2.75, 3.05) is 19.3 Å². The van der Waals surface area contributed by atoms with Crippen LogP contribution in [0.4, 0.5) is 0 Å². The van der Waals surface area contributed by atoms with Crippen molar-refractivity contribution in [1.82, 2.24) is 24.5 Å². The number of sulfonamides is 1. The van der Waals surface area contributed by atoms with Gasteiger partial charge in [-0.3, -0.25) is 0 Å². The highest BCUT2D eigenvalue weighted by molar-refractivity contribution is 7.88. The Balaban J connectivity index is 2.01. The van der Waals surface area contributed by atoms with Crippen molar-refractivity contribution in [2.24, 2.45) is 5.92 Å². The molecule has 1 aromatic rings. The summed E-state index contributed by atoms with van der Waals surface area (Å²) in [6, 6.07) is 0. The van der Waals surface area contributed by atoms with Crippen LogP contribution in [0.15, 0.2) is 0 Å². The normalized spacial score (nSPS) is 21.7. The molecule has 2 heterocycles. The van der Waals surface area contributed by atoms with E-state index in [1.54, 1.807) is 4.31 Å². The molecule has 1 atom stereocenters. The molecule has 8 heteroatoms. The Morgan fingerprint density at radius 2 is 2.21 bits per heavy atom. The van der Waals surface area contributed by atoms with Gasteiger partial charge in [0.05, 0.1) is 6.26 Å². The molecule has 2 rings (SSSR count). The van der Waals surface area contributed by atoms with Crippen LogP contribution in [-0.2, 0) is 23.0 Å². The molecule has 0 spiro atoms. The first-order valence-corrected chi connectivity index (χ1v) is 8.55. The molecule has 0 N–H and O–H groups in total. The topological polar surface area (TPSA) is 81.0 Å². The van der Waals surface area contributed by atoms with Crippen LogP contribution in [0.5, 0.6) is 0 Å². The van der Waals surface area contributed by atoms with E-state index < -0.39 is 10.0 Å². The van der Waals surface area contributed by atoms with Crippen LogP contribution in [0.3, 0.4) is 0 Å². The predicted molar refractivity (Wildman–Crippen MR) is 71.0 cm³/mol. The lowest BCUT2D eigenvalue weighted by molar-refractivity contribution is 0.237. The van der Waals surface area contributed by atoms with Gasteiger partial charge in [0.2, 0.25) is 10.0 Å². The zero-order valence-corrected chi connectivity index (χ0v) is 12.3. The molecule has 7 nitrogen and oxygen atoms in total. The summed E-state index contributed by atoms with van der Waals surface area (Å²) in [6.07, 6.45) is 5.06. The van der Waals surface area contributed by atoms with Gasteiger partial charge in [-0.25, -0.2) is 17.4 Å². The second-order valence-electron chi connectivity index (χ2n) is 5.16. The maximum atomic E-state index is 11.6. The van der Waals surface area contributed by atoms with Gasteiger partial charge < -0.3 is 0 Å². The molecule has 0 aromatic carbocycles. The fourth-order valence-corrected chi connectivity index (χ4v) is 3.43. The van der Waals surface area contributed by atoms with Gasteiger partial charge in [0.25, 0.3) is 0 Å². The van der Waals surface area contributed by atoms with E-state index >= 15 is 0 Å². The van der Waals surface area contributed by atoms with Crippen molar-refractivity contribution in [3.63, 3.8) is 0 Å². The average molecular weight is 287 g/mol. The van der Waals surface area contributed by atoms with Crippen LogP contribution >= 0.6 is 0 Å². The maximum absolute atomic E-state index is 11.6. The van der Waals surface area contributed by atoms with E-state index in [-0.39, 0.29) is 0 Å². The molecule has 1 saturated heterocycles. The van der Waals surface area contributed by atoms with Crippen LogP contribution < -0.4 is 0 Å². The molecule has 19 heavy (non-hydrogen) atoms.